The fourth-order valence-corrected chi connectivity index (χ4v) is 2.09. The van der Waals surface area contributed by atoms with E-state index >= 15 is 0 Å². The van der Waals surface area contributed by atoms with Crippen molar-refractivity contribution in [2.45, 2.75) is 12.1 Å². The second-order valence-electron chi connectivity index (χ2n) is 4.48. The third-order valence-electron chi connectivity index (χ3n) is 3.14. The van der Waals surface area contributed by atoms with E-state index in [-0.39, 0.29) is 11.5 Å². The Morgan fingerprint density at radius 2 is 1.64 bits per heavy atom. The fraction of sp³-hybridized carbons (Fsp3) is 0.250. The molecule has 0 bridgehead atoms. The maximum absolute atomic E-state index is 13.6. The topological polar surface area (TPSA) is 55.1 Å². The normalized spacial score (nSPS) is 13.0. The number of fused-ring (bicyclic) bond motifs is 3. The first-order chi connectivity index (χ1) is 10.3. The van der Waals surface area contributed by atoms with Crippen molar-refractivity contribution in [3.63, 3.8) is 0 Å². The number of nitrogens with one attached hydrogen (secondary N) is 1. The SMILES string of the molecule is CNc1nn2c(C(F)(F)C(F)(F)F)nnc2c2ccccc12. The summed E-state index contributed by atoms with van der Waals surface area (Å²) in [6.07, 6.45) is -5.79. The first kappa shape index (κ1) is 14.4. The predicted molar refractivity (Wildman–Crippen MR) is 67.8 cm³/mol. The lowest BCUT2D eigenvalue weighted by molar-refractivity contribution is -0.293. The Morgan fingerprint density at radius 3 is 2.23 bits per heavy atom. The minimum Gasteiger partial charge on any atom is -0.371 e. The van der Waals surface area contributed by atoms with Crippen molar-refractivity contribution in [3.05, 3.63) is 30.1 Å². The van der Waals surface area contributed by atoms with Crippen molar-refractivity contribution < 1.29 is 22.0 Å². The van der Waals surface area contributed by atoms with E-state index < -0.39 is 17.9 Å². The van der Waals surface area contributed by atoms with Crippen LogP contribution in [0.5, 0.6) is 0 Å². The van der Waals surface area contributed by atoms with Gasteiger partial charge in [0.1, 0.15) is 0 Å². The van der Waals surface area contributed by atoms with Gasteiger partial charge in [-0.2, -0.15) is 26.5 Å². The highest BCUT2D eigenvalue weighted by molar-refractivity contribution is 5.99. The van der Waals surface area contributed by atoms with E-state index in [1.54, 1.807) is 18.2 Å². The quantitative estimate of drug-likeness (QED) is 0.738. The van der Waals surface area contributed by atoms with Gasteiger partial charge in [0, 0.05) is 17.8 Å². The molecule has 0 aliphatic heterocycles. The van der Waals surface area contributed by atoms with Gasteiger partial charge in [0.25, 0.3) is 0 Å². The van der Waals surface area contributed by atoms with Crippen LogP contribution in [0.1, 0.15) is 5.82 Å². The maximum Gasteiger partial charge on any atom is 0.461 e. The van der Waals surface area contributed by atoms with E-state index in [4.69, 9.17) is 0 Å². The van der Waals surface area contributed by atoms with E-state index in [0.29, 0.717) is 15.3 Å². The third kappa shape index (κ3) is 1.86. The molecule has 5 nitrogen and oxygen atoms in total. The van der Waals surface area contributed by atoms with Crippen LogP contribution < -0.4 is 5.32 Å². The van der Waals surface area contributed by atoms with E-state index in [1.807, 2.05) is 0 Å². The molecule has 0 spiro atoms. The lowest BCUT2D eigenvalue weighted by Gasteiger charge is -2.17. The Hall–Kier alpha value is -2.52. The van der Waals surface area contributed by atoms with E-state index in [1.165, 1.54) is 13.1 Å². The summed E-state index contributed by atoms with van der Waals surface area (Å²) in [7, 11) is 1.48. The fourth-order valence-electron chi connectivity index (χ4n) is 2.09. The van der Waals surface area contributed by atoms with Crippen molar-refractivity contribution in [3.8, 4) is 0 Å². The Kier molecular flexibility index (Phi) is 2.94. The summed E-state index contributed by atoms with van der Waals surface area (Å²) in [5.41, 5.74) is -0.173. The predicted octanol–water partition coefficient (Wildman–Crippen LogP) is 2.97. The van der Waals surface area contributed by atoms with Crippen molar-refractivity contribution in [2.24, 2.45) is 0 Å². The molecular formula is C12H8F5N5. The number of halogens is 5. The largest absolute Gasteiger partial charge is 0.461 e. The van der Waals surface area contributed by atoms with Gasteiger partial charge in [-0.15, -0.1) is 15.3 Å². The Balaban J connectivity index is 2.39. The van der Waals surface area contributed by atoms with Gasteiger partial charge in [0.2, 0.25) is 5.82 Å². The molecule has 1 aromatic carbocycles. The molecule has 2 aromatic heterocycles. The van der Waals surface area contributed by atoms with Crippen LogP contribution in [0.15, 0.2) is 24.3 Å². The standard InChI is InChI=1S/C12H8F5N5/c1-18-8-6-4-2-3-5-7(6)9-19-20-10(22(9)21-8)11(13,14)12(15,16)17/h2-5H,1H3,(H,18,21). The van der Waals surface area contributed by atoms with Crippen molar-refractivity contribution in [2.75, 3.05) is 12.4 Å². The molecule has 0 fully saturated rings. The molecular weight excluding hydrogens is 309 g/mol. The monoisotopic (exact) mass is 317 g/mol. The lowest BCUT2D eigenvalue weighted by Crippen LogP contribution is -2.36. The van der Waals surface area contributed by atoms with Gasteiger partial charge in [0.05, 0.1) is 0 Å². The van der Waals surface area contributed by atoms with Crippen LogP contribution in [-0.4, -0.2) is 33.0 Å². The summed E-state index contributed by atoms with van der Waals surface area (Å²) in [5.74, 6) is -6.59. The summed E-state index contributed by atoms with van der Waals surface area (Å²) in [5, 5.41) is 13.8. The molecule has 0 amide bonds. The molecule has 0 aliphatic carbocycles. The highest BCUT2D eigenvalue weighted by Gasteiger charge is 2.62. The van der Waals surface area contributed by atoms with Gasteiger partial charge in [-0.3, -0.25) is 0 Å². The number of rotatable bonds is 2. The molecule has 116 valence electrons. The first-order valence-electron chi connectivity index (χ1n) is 6.04. The van der Waals surface area contributed by atoms with Crippen LogP contribution in [-0.2, 0) is 5.92 Å². The Bertz CT molecular complexity index is 854. The summed E-state index contributed by atoms with van der Waals surface area (Å²) in [4.78, 5) is 0. The van der Waals surface area contributed by atoms with Crippen molar-refractivity contribution in [1.82, 2.24) is 19.8 Å². The number of hydrogen-bond donors (Lipinski definition) is 1. The number of anilines is 1. The number of hydrogen-bond acceptors (Lipinski definition) is 4. The van der Waals surface area contributed by atoms with Crippen LogP contribution >= 0.6 is 0 Å². The second-order valence-corrected chi connectivity index (χ2v) is 4.48. The zero-order chi connectivity index (χ0) is 16.1. The molecule has 0 radical (unpaired) electrons. The van der Waals surface area contributed by atoms with Gasteiger partial charge in [-0.1, -0.05) is 24.3 Å². The Morgan fingerprint density at radius 1 is 1.00 bits per heavy atom. The van der Waals surface area contributed by atoms with Gasteiger partial charge in [-0.05, 0) is 0 Å². The van der Waals surface area contributed by atoms with Gasteiger partial charge < -0.3 is 5.32 Å². The zero-order valence-corrected chi connectivity index (χ0v) is 11.0. The molecule has 0 unspecified atom stereocenters. The average Bonchev–Trinajstić information content (AvgIpc) is 2.89. The summed E-state index contributed by atoms with van der Waals surface area (Å²) in [6.45, 7) is 0. The van der Waals surface area contributed by atoms with Crippen LogP contribution in [0.2, 0.25) is 0 Å². The van der Waals surface area contributed by atoms with Crippen molar-refractivity contribution in [1.29, 1.82) is 0 Å². The highest BCUT2D eigenvalue weighted by atomic mass is 19.4. The molecule has 3 rings (SSSR count). The molecule has 22 heavy (non-hydrogen) atoms. The second kappa shape index (κ2) is 4.49. The van der Waals surface area contributed by atoms with Crippen LogP contribution in [0.25, 0.3) is 16.4 Å². The lowest BCUT2D eigenvalue weighted by atomic mass is 10.2. The van der Waals surface area contributed by atoms with Crippen LogP contribution in [0, 0.1) is 0 Å². The first-order valence-corrected chi connectivity index (χ1v) is 6.04. The minimum absolute atomic E-state index is 0.141. The highest BCUT2D eigenvalue weighted by Crippen LogP contribution is 2.43. The van der Waals surface area contributed by atoms with Crippen molar-refractivity contribution >= 4 is 22.2 Å². The molecule has 2 heterocycles. The number of nitrogens with zero attached hydrogens (tertiary/aromatic N) is 4. The molecule has 0 atom stereocenters. The number of aromatic nitrogens is 4. The third-order valence-corrected chi connectivity index (χ3v) is 3.14. The number of benzene rings is 1. The zero-order valence-electron chi connectivity index (χ0n) is 11.0. The van der Waals surface area contributed by atoms with E-state index in [0.717, 1.165) is 0 Å². The molecule has 1 N–H and O–H groups in total. The molecule has 0 aliphatic rings. The molecule has 0 saturated carbocycles. The summed E-state index contributed by atoms with van der Waals surface area (Å²) < 4.78 is 65.2. The van der Waals surface area contributed by atoms with E-state index in [9.17, 15) is 22.0 Å². The summed E-state index contributed by atoms with van der Waals surface area (Å²) >= 11 is 0. The van der Waals surface area contributed by atoms with Gasteiger partial charge >= 0.3 is 12.1 Å². The van der Waals surface area contributed by atoms with Crippen LogP contribution in [0.4, 0.5) is 27.8 Å². The minimum atomic E-state index is -5.79. The Labute approximate surface area is 119 Å². The average molecular weight is 317 g/mol. The van der Waals surface area contributed by atoms with Crippen LogP contribution in [0.3, 0.4) is 0 Å². The van der Waals surface area contributed by atoms with E-state index in [2.05, 4.69) is 20.6 Å². The van der Waals surface area contributed by atoms with Gasteiger partial charge in [-0.25, -0.2) is 0 Å². The maximum atomic E-state index is 13.6. The van der Waals surface area contributed by atoms with Gasteiger partial charge in [0.15, 0.2) is 11.5 Å². The molecule has 10 heteroatoms. The number of alkyl halides is 5. The molecule has 0 saturated heterocycles. The molecule has 3 aromatic rings. The smallest absolute Gasteiger partial charge is 0.371 e. The summed E-state index contributed by atoms with van der Waals surface area (Å²) in [6, 6.07) is 6.47.